The van der Waals surface area contributed by atoms with Gasteiger partial charge < -0.3 is 0 Å². The van der Waals surface area contributed by atoms with Crippen molar-refractivity contribution in [3.63, 3.8) is 0 Å². The minimum Gasteiger partial charge on any atom is -0.206 e. The zero-order valence-corrected chi connectivity index (χ0v) is 9.28. The minimum atomic E-state index is -3.47. The summed E-state index contributed by atoms with van der Waals surface area (Å²) in [7, 11) is -3.47. The van der Waals surface area contributed by atoms with Crippen molar-refractivity contribution in [3.05, 3.63) is 17.0 Å². The molecule has 0 aliphatic heterocycles. The first-order valence-electron chi connectivity index (χ1n) is 4.05. The van der Waals surface area contributed by atoms with E-state index in [1.807, 2.05) is 6.92 Å². The molecule has 0 aliphatic rings. The van der Waals surface area contributed by atoms with Gasteiger partial charge in [0.15, 0.2) is 0 Å². The number of hydrogen-bond acceptors (Lipinski definition) is 4. The highest BCUT2D eigenvalue weighted by atomic mass is 32.2. The van der Waals surface area contributed by atoms with Crippen LogP contribution in [-0.4, -0.2) is 15.0 Å². The van der Waals surface area contributed by atoms with Crippen molar-refractivity contribution in [2.45, 2.75) is 17.6 Å². The van der Waals surface area contributed by atoms with Gasteiger partial charge in [-0.3, -0.25) is 0 Å². The predicted molar refractivity (Wildman–Crippen MR) is 54.5 cm³/mol. The van der Waals surface area contributed by atoms with Crippen LogP contribution in [-0.2, 0) is 16.4 Å². The Morgan fingerprint density at radius 3 is 2.79 bits per heavy atom. The number of nitrogens with zero attached hydrogens (tertiary/aromatic N) is 1. The number of rotatable bonds is 4. The van der Waals surface area contributed by atoms with Crippen molar-refractivity contribution in [2.24, 2.45) is 0 Å². The molecule has 0 spiro atoms. The number of nitriles is 1. The number of nitrogens with one attached hydrogen (secondary N) is 1. The van der Waals surface area contributed by atoms with Gasteiger partial charge in [-0.2, -0.15) is 9.98 Å². The van der Waals surface area contributed by atoms with E-state index in [0.717, 1.165) is 11.3 Å². The molecule has 0 amide bonds. The normalized spacial score (nSPS) is 11.1. The van der Waals surface area contributed by atoms with Gasteiger partial charge in [0, 0.05) is 4.88 Å². The average molecular weight is 230 g/mol. The van der Waals surface area contributed by atoms with Crippen molar-refractivity contribution < 1.29 is 8.42 Å². The first-order chi connectivity index (χ1) is 6.60. The minimum absolute atomic E-state index is 0.193. The molecule has 1 heterocycles. The monoisotopic (exact) mass is 230 g/mol. The summed E-state index contributed by atoms with van der Waals surface area (Å²) in [5.74, 6) is 0. The van der Waals surface area contributed by atoms with Crippen molar-refractivity contribution in [3.8, 4) is 6.07 Å². The second-order valence-corrected chi connectivity index (χ2v) is 5.72. The second kappa shape index (κ2) is 4.55. The van der Waals surface area contributed by atoms with Crippen LogP contribution < -0.4 is 4.72 Å². The summed E-state index contributed by atoms with van der Waals surface area (Å²) in [4.78, 5) is 1.02. The standard InChI is InChI=1S/C8H10N2O2S2/c1-2-7-3-4-8(13-7)14(11,12)10-6-5-9/h3-4,10H,2,6H2,1H3. The van der Waals surface area contributed by atoms with Crippen molar-refractivity contribution in [1.29, 1.82) is 5.26 Å². The third-order valence-corrected chi connectivity index (χ3v) is 4.71. The molecule has 6 heteroatoms. The molecule has 0 saturated carbocycles. The highest BCUT2D eigenvalue weighted by molar-refractivity contribution is 7.91. The molecule has 1 aromatic rings. The molecular weight excluding hydrogens is 220 g/mol. The molecule has 1 N–H and O–H groups in total. The smallest absolute Gasteiger partial charge is 0.206 e. The Balaban J connectivity index is 2.88. The maximum atomic E-state index is 11.5. The van der Waals surface area contributed by atoms with Gasteiger partial charge in [0.2, 0.25) is 0 Å². The van der Waals surface area contributed by atoms with Crippen LogP contribution in [0, 0.1) is 11.3 Å². The second-order valence-electron chi connectivity index (χ2n) is 2.56. The van der Waals surface area contributed by atoms with Crippen LogP contribution >= 0.6 is 11.3 Å². The number of sulfonamides is 1. The lowest BCUT2D eigenvalue weighted by Crippen LogP contribution is -2.22. The van der Waals surface area contributed by atoms with E-state index in [2.05, 4.69) is 4.72 Å². The molecule has 0 radical (unpaired) electrons. The van der Waals surface area contributed by atoms with Crippen molar-refractivity contribution in [2.75, 3.05) is 6.54 Å². The van der Waals surface area contributed by atoms with Gasteiger partial charge in [0.25, 0.3) is 10.0 Å². The zero-order valence-electron chi connectivity index (χ0n) is 7.65. The molecule has 0 unspecified atom stereocenters. The summed E-state index contributed by atoms with van der Waals surface area (Å²) in [6.45, 7) is 1.77. The molecule has 1 aromatic heterocycles. The fourth-order valence-electron chi connectivity index (χ4n) is 0.891. The van der Waals surface area contributed by atoms with E-state index < -0.39 is 10.0 Å². The van der Waals surface area contributed by atoms with E-state index in [4.69, 9.17) is 5.26 Å². The number of hydrogen-bond donors (Lipinski definition) is 1. The van der Waals surface area contributed by atoms with E-state index in [9.17, 15) is 8.42 Å². The maximum absolute atomic E-state index is 11.5. The topological polar surface area (TPSA) is 70.0 Å². The van der Waals surface area contributed by atoms with Crippen LogP contribution in [0.5, 0.6) is 0 Å². The fourth-order valence-corrected chi connectivity index (χ4v) is 3.15. The summed E-state index contributed by atoms with van der Waals surface area (Å²) in [5, 5.41) is 8.25. The first kappa shape index (κ1) is 11.2. The van der Waals surface area contributed by atoms with E-state index in [0.29, 0.717) is 0 Å². The zero-order chi connectivity index (χ0) is 10.6. The predicted octanol–water partition coefficient (Wildman–Crippen LogP) is 1.11. The van der Waals surface area contributed by atoms with E-state index in [-0.39, 0.29) is 10.8 Å². The van der Waals surface area contributed by atoms with Crippen LogP contribution in [0.3, 0.4) is 0 Å². The quantitative estimate of drug-likeness (QED) is 0.788. The lowest BCUT2D eigenvalue weighted by Gasteiger charge is -1.98. The Labute approximate surface area is 87.2 Å². The lowest BCUT2D eigenvalue weighted by molar-refractivity contribution is 0.588. The van der Waals surface area contributed by atoms with Gasteiger partial charge in [-0.05, 0) is 18.6 Å². The Morgan fingerprint density at radius 2 is 2.29 bits per heavy atom. The highest BCUT2D eigenvalue weighted by Crippen LogP contribution is 2.21. The van der Waals surface area contributed by atoms with Crippen LogP contribution in [0.2, 0.25) is 0 Å². The van der Waals surface area contributed by atoms with E-state index in [1.165, 1.54) is 11.3 Å². The highest BCUT2D eigenvalue weighted by Gasteiger charge is 2.15. The third kappa shape index (κ3) is 2.54. The van der Waals surface area contributed by atoms with Crippen LogP contribution in [0.4, 0.5) is 0 Å². The Hall–Kier alpha value is -0.900. The van der Waals surface area contributed by atoms with Gasteiger partial charge in [-0.1, -0.05) is 6.92 Å². The van der Waals surface area contributed by atoms with E-state index in [1.54, 1.807) is 18.2 Å². The Bertz CT molecular complexity index is 442. The lowest BCUT2D eigenvalue weighted by atomic mass is 10.4. The molecule has 0 aliphatic carbocycles. The van der Waals surface area contributed by atoms with Crippen molar-refractivity contribution in [1.82, 2.24) is 4.72 Å². The summed E-state index contributed by atoms with van der Waals surface area (Å²) < 4.78 is 25.4. The van der Waals surface area contributed by atoms with Gasteiger partial charge in [0.1, 0.15) is 4.21 Å². The van der Waals surface area contributed by atoms with Gasteiger partial charge >= 0.3 is 0 Å². The molecule has 4 nitrogen and oxygen atoms in total. The molecule has 76 valence electrons. The maximum Gasteiger partial charge on any atom is 0.250 e. The molecule has 0 bridgehead atoms. The van der Waals surface area contributed by atoms with Crippen molar-refractivity contribution >= 4 is 21.4 Å². The largest absolute Gasteiger partial charge is 0.250 e. The van der Waals surface area contributed by atoms with Crippen LogP contribution in [0.25, 0.3) is 0 Å². The molecule has 0 aromatic carbocycles. The molecule has 0 saturated heterocycles. The summed E-state index contributed by atoms with van der Waals surface area (Å²) in [5.41, 5.74) is 0. The molecule has 0 fully saturated rings. The molecule has 14 heavy (non-hydrogen) atoms. The molecule has 0 atom stereocenters. The average Bonchev–Trinajstić information content (AvgIpc) is 2.63. The fraction of sp³-hybridized carbons (Fsp3) is 0.375. The van der Waals surface area contributed by atoms with Crippen LogP contribution in [0.15, 0.2) is 16.3 Å². The van der Waals surface area contributed by atoms with E-state index >= 15 is 0 Å². The van der Waals surface area contributed by atoms with Crippen LogP contribution in [0.1, 0.15) is 11.8 Å². The first-order valence-corrected chi connectivity index (χ1v) is 6.35. The van der Waals surface area contributed by atoms with Gasteiger partial charge in [-0.25, -0.2) is 8.42 Å². The summed E-state index contributed by atoms with van der Waals surface area (Å²) in [6, 6.07) is 5.07. The third-order valence-electron chi connectivity index (χ3n) is 1.59. The Morgan fingerprint density at radius 1 is 1.57 bits per heavy atom. The summed E-state index contributed by atoms with van der Waals surface area (Å²) in [6.07, 6.45) is 0.818. The Kier molecular flexibility index (Phi) is 3.63. The SMILES string of the molecule is CCc1ccc(S(=O)(=O)NCC#N)s1. The molecular formula is C8H10N2O2S2. The van der Waals surface area contributed by atoms with Gasteiger partial charge in [0.05, 0.1) is 12.6 Å². The number of aryl methyl sites for hydroxylation is 1. The number of thiophene rings is 1. The molecule has 1 rings (SSSR count). The summed E-state index contributed by atoms with van der Waals surface area (Å²) >= 11 is 1.23. The van der Waals surface area contributed by atoms with Gasteiger partial charge in [-0.15, -0.1) is 11.3 Å².